The van der Waals surface area contributed by atoms with Crippen molar-refractivity contribution in [2.75, 3.05) is 19.0 Å². The smallest absolute Gasteiger partial charge is 0.251 e. The first-order valence-electron chi connectivity index (χ1n) is 7.14. The minimum atomic E-state index is 0.0601. The van der Waals surface area contributed by atoms with E-state index in [0.717, 1.165) is 30.0 Å². The van der Waals surface area contributed by atoms with Crippen LogP contribution >= 0.6 is 0 Å². The van der Waals surface area contributed by atoms with Crippen molar-refractivity contribution in [1.82, 2.24) is 5.32 Å². The van der Waals surface area contributed by atoms with E-state index in [0.29, 0.717) is 6.04 Å². The highest BCUT2D eigenvalue weighted by Crippen LogP contribution is 2.23. The molecule has 19 heavy (non-hydrogen) atoms. The molecule has 1 fully saturated rings. The second kappa shape index (κ2) is 6.09. The molecule has 1 aromatic rings. The minimum Gasteiger partial charge on any atom is -0.378 e. The fraction of sp³-hybridized carbons (Fsp3) is 0.562. The van der Waals surface area contributed by atoms with Gasteiger partial charge in [0.1, 0.15) is 0 Å². The molecule has 1 aliphatic carbocycles. The summed E-state index contributed by atoms with van der Waals surface area (Å²) >= 11 is 0. The van der Waals surface area contributed by atoms with Crippen LogP contribution in [0.2, 0.25) is 0 Å². The lowest BCUT2D eigenvalue weighted by molar-refractivity contribution is 0.0923. The third-order valence-corrected chi connectivity index (χ3v) is 4.00. The summed E-state index contributed by atoms with van der Waals surface area (Å²) in [4.78, 5) is 14.2. The number of amides is 1. The fourth-order valence-electron chi connectivity index (χ4n) is 2.58. The van der Waals surface area contributed by atoms with E-state index in [-0.39, 0.29) is 5.91 Å². The summed E-state index contributed by atoms with van der Waals surface area (Å²) in [6.45, 7) is 2.29. The van der Waals surface area contributed by atoms with Gasteiger partial charge in [0.2, 0.25) is 0 Å². The van der Waals surface area contributed by atoms with Crippen LogP contribution in [0.5, 0.6) is 0 Å². The van der Waals surface area contributed by atoms with Gasteiger partial charge in [-0.2, -0.15) is 0 Å². The van der Waals surface area contributed by atoms with E-state index in [4.69, 9.17) is 0 Å². The Kier molecular flexibility index (Phi) is 4.46. The second-order valence-electron chi connectivity index (χ2n) is 5.87. The molecule has 2 rings (SSSR count). The molecule has 0 atom stereocenters. The Bertz CT molecular complexity index is 417. The Morgan fingerprint density at radius 3 is 2.21 bits per heavy atom. The van der Waals surface area contributed by atoms with Crippen molar-refractivity contribution in [3.05, 3.63) is 29.8 Å². The molecule has 0 unspecified atom stereocenters. The van der Waals surface area contributed by atoms with Gasteiger partial charge in [-0.3, -0.25) is 4.79 Å². The average Bonchev–Trinajstić information content (AvgIpc) is 2.41. The maximum atomic E-state index is 12.2. The first kappa shape index (κ1) is 13.9. The highest BCUT2D eigenvalue weighted by atomic mass is 16.1. The van der Waals surface area contributed by atoms with E-state index in [1.54, 1.807) is 0 Å². The van der Waals surface area contributed by atoms with Gasteiger partial charge in [0, 0.05) is 31.4 Å². The number of hydrogen-bond donors (Lipinski definition) is 1. The van der Waals surface area contributed by atoms with Gasteiger partial charge >= 0.3 is 0 Å². The summed E-state index contributed by atoms with van der Waals surface area (Å²) < 4.78 is 0. The summed E-state index contributed by atoms with van der Waals surface area (Å²) in [6, 6.07) is 8.12. The van der Waals surface area contributed by atoms with Crippen LogP contribution in [0.3, 0.4) is 0 Å². The molecule has 1 aliphatic rings. The third-order valence-electron chi connectivity index (χ3n) is 4.00. The number of nitrogens with zero attached hydrogens (tertiary/aromatic N) is 1. The molecule has 3 heteroatoms. The monoisotopic (exact) mass is 260 g/mol. The molecular formula is C16H24N2O. The molecular weight excluding hydrogens is 236 g/mol. The lowest BCUT2D eigenvalue weighted by Crippen LogP contribution is -2.37. The van der Waals surface area contributed by atoms with E-state index < -0.39 is 0 Å². The van der Waals surface area contributed by atoms with Gasteiger partial charge in [-0.15, -0.1) is 0 Å². The normalized spacial score (nSPS) is 22.9. The quantitative estimate of drug-likeness (QED) is 0.906. The van der Waals surface area contributed by atoms with Crippen molar-refractivity contribution >= 4 is 11.6 Å². The van der Waals surface area contributed by atoms with E-state index in [1.165, 1.54) is 12.8 Å². The molecule has 1 aromatic carbocycles. The Labute approximate surface area is 116 Å². The minimum absolute atomic E-state index is 0.0601. The number of hydrogen-bond acceptors (Lipinski definition) is 2. The molecule has 0 aromatic heterocycles. The number of benzene rings is 1. The maximum absolute atomic E-state index is 12.2. The summed E-state index contributed by atoms with van der Waals surface area (Å²) in [5.41, 5.74) is 1.87. The van der Waals surface area contributed by atoms with Gasteiger partial charge in [-0.05, 0) is 55.9 Å². The Balaban J connectivity index is 1.92. The Morgan fingerprint density at radius 1 is 1.11 bits per heavy atom. The van der Waals surface area contributed by atoms with Crippen molar-refractivity contribution in [1.29, 1.82) is 0 Å². The van der Waals surface area contributed by atoms with Gasteiger partial charge in [0.25, 0.3) is 5.91 Å². The number of anilines is 1. The van der Waals surface area contributed by atoms with Crippen LogP contribution < -0.4 is 10.2 Å². The molecule has 1 N–H and O–H groups in total. The topological polar surface area (TPSA) is 32.3 Å². The molecule has 3 nitrogen and oxygen atoms in total. The SMILES string of the molecule is CC1CCC(NC(=O)c2ccc(N(C)C)cc2)CC1. The van der Waals surface area contributed by atoms with Gasteiger partial charge in [0.15, 0.2) is 0 Å². The largest absolute Gasteiger partial charge is 0.378 e. The highest BCUT2D eigenvalue weighted by Gasteiger charge is 2.20. The van der Waals surface area contributed by atoms with Gasteiger partial charge < -0.3 is 10.2 Å². The Hall–Kier alpha value is -1.51. The van der Waals surface area contributed by atoms with Gasteiger partial charge in [0.05, 0.1) is 0 Å². The summed E-state index contributed by atoms with van der Waals surface area (Å²) in [7, 11) is 4.00. The van der Waals surface area contributed by atoms with Crippen LogP contribution in [0, 0.1) is 5.92 Å². The highest BCUT2D eigenvalue weighted by molar-refractivity contribution is 5.94. The molecule has 104 valence electrons. The average molecular weight is 260 g/mol. The zero-order valence-corrected chi connectivity index (χ0v) is 12.1. The standard InChI is InChI=1S/C16H24N2O/c1-12-4-8-14(9-5-12)17-16(19)13-6-10-15(11-7-13)18(2)3/h6-7,10-12,14H,4-5,8-9H2,1-3H3,(H,17,19). The third kappa shape index (κ3) is 3.72. The molecule has 0 bridgehead atoms. The molecule has 1 saturated carbocycles. The molecule has 0 spiro atoms. The fourth-order valence-corrected chi connectivity index (χ4v) is 2.58. The van der Waals surface area contributed by atoms with Crippen molar-refractivity contribution in [3.8, 4) is 0 Å². The zero-order valence-electron chi connectivity index (χ0n) is 12.1. The second-order valence-corrected chi connectivity index (χ2v) is 5.87. The predicted molar refractivity (Wildman–Crippen MR) is 79.7 cm³/mol. The molecule has 0 aliphatic heterocycles. The van der Waals surface area contributed by atoms with E-state index in [9.17, 15) is 4.79 Å². The summed E-state index contributed by atoms with van der Waals surface area (Å²) in [5, 5.41) is 3.15. The van der Waals surface area contributed by atoms with Crippen LogP contribution in [-0.4, -0.2) is 26.0 Å². The van der Waals surface area contributed by atoms with Crippen LogP contribution in [0.25, 0.3) is 0 Å². The summed E-state index contributed by atoms with van der Waals surface area (Å²) in [5.74, 6) is 0.873. The van der Waals surface area contributed by atoms with Gasteiger partial charge in [-0.25, -0.2) is 0 Å². The van der Waals surface area contributed by atoms with E-state index in [2.05, 4.69) is 12.2 Å². The number of carbonyl (C=O) groups excluding carboxylic acids is 1. The maximum Gasteiger partial charge on any atom is 0.251 e. The van der Waals surface area contributed by atoms with Crippen LogP contribution in [0.4, 0.5) is 5.69 Å². The first-order chi connectivity index (χ1) is 9.06. The number of nitrogens with one attached hydrogen (secondary N) is 1. The molecule has 0 heterocycles. The number of rotatable bonds is 3. The molecule has 1 amide bonds. The van der Waals surface area contributed by atoms with Crippen molar-refractivity contribution < 1.29 is 4.79 Å². The zero-order chi connectivity index (χ0) is 13.8. The Morgan fingerprint density at radius 2 is 1.68 bits per heavy atom. The van der Waals surface area contributed by atoms with Crippen LogP contribution in [0.1, 0.15) is 43.0 Å². The lowest BCUT2D eigenvalue weighted by atomic mass is 9.87. The van der Waals surface area contributed by atoms with Gasteiger partial charge in [-0.1, -0.05) is 6.92 Å². The molecule has 0 saturated heterocycles. The van der Waals surface area contributed by atoms with E-state index >= 15 is 0 Å². The van der Waals surface area contributed by atoms with Crippen LogP contribution in [0.15, 0.2) is 24.3 Å². The predicted octanol–water partition coefficient (Wildman–Crippen LogP) is 3.06. The number of carbonyl (C=O) groups is 1. The van der Waals surface area contributed by atoms with Crippen molar-refractivity contribution in [3.63, 3.8) is 0 Å². The lowest BCUT2D eigenvalue weighted by Gasteiger charge is -2.27. The van der Waals surface area contributed by atoms with Crippen LogP contribution in [-0.2, 0) is 0 Å². The first-order valence-corrected chi connectivity index (χ1v) is 7.14. The van der Waals surface area contributed by atoms with E-state index in [1.807, 2.05) is 43.3 Å². The van der Waals surface area contributed by atoms with Crippen molar-refractivity contribution in [2.45, 2.75) is 38.6 Å². The van der Waals surface area contributed by atoms with Crippen molar-refractivity contribution in [2.24, 2.45) is 5.92 Å². The summed E-state index contributed by atoms with van der Waals surface area (Å²) in [6.07, 6.45) is 4.68. The molecule has 0 radical (unpaired) electrons.